The molecule has 0 bridgehead atoms. The van der Waals surface area contributed by atoms with Crippen molar-refractivity contribution in [3.8, 4) is 0 Å². The Hall–Kier alpha value is -4.55. The number of aliphatic hydroxyl groups is 1. The van der Waals surface area contributed by atoms with Crippen LogP contribution in [-0.4, -0.2) is 74.6 Å². The lowest BCUT2D eigenvalue weighted by Gasteiger charge is -2.25. The van der Waals surface area contributed by atoms with Crippen LogP contribution in [0.5, 0.6) is 0 Å². The normalized spacial score (nSPS) is 13.9. The van der Waals surface area contributed by atoms with Crippen molar-refractivity contribution in [2.24, 2.45) is 5.73 Å². The number of carbonyl (C=O) groups excluding carboxylic acids is 3. The maximum atomic E-state index is 13.4. The molecule has 0 aliphatic heterocycles. The number of amides is 3. The van der Waals surface area contributed by atoms with Crippen LogP contribution in [-0.2, 0) is 38.4 Å². The van der Waals surface area contributed by atoms with Crippen molar-refractivity contribution in [1.82, 2.24) is 25.9 Å². The molecule has 4 unspecified atom stereocenters. The Morgan fingerprint density at radius 3 is 1.74 bits per heavy atom. The summed E-state index contributed by atoms with van der Waals surface area (Å²) in [6, 6.07) is 12.9. The predicted molar refractivity (Wildman–Crippen MR) is 141 cm³/mol. The highest BCUT2D eigenvalue weighted by Crippen LogP contribution is 2.08. The van der Waals surface area contributed by atoms with Gasteiger partial charge in [-0.15, -0.1) is 0 Å². The third-order valence-electron chi connectivity index (χ3n) is 5.96. The number of aliphatic carboxylic acids is 1. The summed E-state index contributed by atoms with van der Waals surface area (Å²) in [5, 5.41) is 26.7. The summed E-state index contributed by atoms with van der Waals surface area (Å²) in [5.74, 6) is -3.38. The van der Waals surface area contributed by atoms with Crippen molar-refractivity contribution in [2.45, 2.75) is 43.4 Å². The molecule has 0 spiro atoms. The molecule has 1 heterocycles. The molecule has 39 heavy (non-hydrogen) atoms. The number of carboxylic acids is 1. The Bertz CT molecular complexity index is 1220. The molecule has 0 fully saturated rings. The molecular formula is C27H32N6O6. The van der Waals surface area contributed by atoms with Crippen LogP contribution in [0, 0.1) is 0 Å². The quantitative estimate of drug-likeness (QED) is 0.140. The van der Waals surface area contributed by atoms with Gasteiger partial charge >= 0.3 is 5.97 Å². The number of aliphatic hydroxyl groups excluding tert-OH is 1. The van der Waals surface area contributed by atoms with Gasteiger partial charge in [-0.3, -0.25) is 14.4 Å². The number of carboxylic acid groups (broad SMARTS) is 1. The lowest BCUT2D eigenvalue weighted by Crippen LogP contribution is -2.58. The largest absolute Gasteiger partial charge is 0.480 e. The standard InChI is InChI=1S/C27H32N6O6/c28-20(15-34)24(35)31-22(13-19-14-29-16-30-19)26(37)32-21(11-17-7-3-1-4-8-17)25(36)33-23(27(38)39)12-18-9-5-2-6-10-18/h1-10,14,16,20-23,34H,11-13,15,28H2,(H,29,30)(H,31,35)(H,32,37)(H,33,36)(H,38,39). The third-order valence-corrected chi connectivity index (χ3v) is 5.96. The van der Waals surface area contributed by atoms with Gasteiger partial charge in [-0.1, -0.05) is 60.7 Å². The maximum Gasteiger partial charge on any atom is 0.326 e. The van der Waals surface area contributed by atoms with E-state index in [1.54, 1.807) is 60.7 Å². The Morgan fingerprint density at radius 2 is 1.26 bits per heavy atom. The fourth-order valence-electron chi connectivity index (χ4n) is 3.84. The molecule has 0 aliphatic carbocycles. The molecule has 0 radical (unpaired) electrons. The number of hydrogen-bond acceptors (Lipinski definition) is 7. The van der Waals surface area contributed by atoms with Crippen molar-refractivity contribution >= 4 is 23.7 Å². The van der Waals surface area contributed by atoms with E-state index in [-0.39, 0.29) is 19.3 Å². The van der Waals surface area contributed by atoms with Crippen LogP contribution in [0.15, 0.2) is 73.2 Å². The number of nitrogens with one attached hydrogen (secondary N) is 4. The van der Waals surface area contributed by atoms with E-state index in [2.05, 4.69) is 25.9 Å². The summed E-state index contributed by atoms with van der Waals surface area (Å²) >= 11 is 0. The number of hydrogen-bond donors (Lipinski definition) is 7. The van der Waals surface area contributed by atoms with Crippen LogP contribution >= 0.6 is 0 Å². The minimum Gasteiger partial charge on any atom is -0.480 e. The molecule has 3 aromatic rings. The molecule has 0 saturated carbocycles. The number of nitrogens with two attached hydrogens (primary N) is 1. The van der Waals surface area contributed by atoms with Gasteiger partial charge < -0.3 is 36.9 Å². The van der Waals surface area contributed by atoms with Crippen LogP contribution in [0.4, 0.5) is 0 Å². The molecule has 12 nitrogen and oxygen atoms in total. The second kappa shape index (κ2) is 14.4. The summed E-state index contributed by atoms with van der Waals surface area (Å²) < 4.78 is 0. The van der Waals surface area contributed by atoms with Gasteiger partial charge in [0.25, 0.3) is 0 Å². The van der Waals surface area contributed by atoms with E-state index in [0.717, 1.165) is 11.1 Å². The van der Waals surface area contributed by atoms with Gasteiger partial charge in [0.1, 0.15) is 24.2 Å². The molecular weight excluding hydrogens is 504 g/mol. The summed E-state index contributed by atoms with van der Waals surface area (Å²) in [5.41, 5.74) is 7.58. The van der Waals surface area contributed by atoms with Crippen molar-refractivity contribution in [3.63, 3.8) is 0 Å². The highest BCUT2D eigenvalue weighted by atomic mass is 16.4. The summed E-state index contributed by atoms with van der Waals surface area (Å²) in [6.07, 6.45) is 3.01. The third kappa shape index (κ3) is 9.05. The van der Waals surface area contributed by atoms with Crippen LogP contribution in [0.2, 0.25) is 0 Å². The van der Waals surface area contributed by atoms with E-state index >= 15 is 0 Å². The smallest absolute Gasteiger partial charge is 0.326 e. The molecule has 8 N–H and O–H groups in total. The van der Waals surface area contributed by atoms with Gasteiger partial charge in [-0.2, -0.15) is 0 Å². The number of carbonyl (C=O) groups is 4. The average Bonchev–Trinajstić information content (AvgIpc) is 3.45. The van der Waals surface area contributed by atoms with Gasteiger partial charge in [0.2, 0.25) is 17.7 Å². The number of H-pyrrole nitrogens is 1. The molecule has 0 saturated heterocycles. The van der Waals surface area contributed by atoms with Gasteiger partial charge in [-0.25, -0.2) is 9.78 Å². The van der Waals surface area contributed by atoms with Crippen molar-refractivity contribution in [3.05, 3.63) is 90.0 Å². The van der Waals surface area contributed by atoms with Crippen LogP contribution < -0.4 is 21.7 Å². The predicted octanol–water partition coefficient (Wildman–Crippen LogP) is -0.704. The average molecular weight is 537 g/mol. The topological polar surface area (TPSA) is 200 Å². The maximum absolute atomic E-state index is 13.4. The van der Waals surface area contributed by atoms with E-state index in [9.17, 15) is 29.4 Å². The number of nitrogens with zero attached hydrogens (tertiary/aromatic N) is 1. The lowest BCUT2D eigenvalue weighted by molar-refractivity contribution is -0.142. The first-order chi connectivity index (χ1) is 18.8. The fraction of sp³-hybridized carbons (Fsp3) is 0.296. The molecule has 4 atom stereocenters. The molecule has 0 aliphatic rings. The highest BCUT2D eigenvalue weighted by molar-refractivity contribution is 5.94. The minimum atomic E-state index is -1.25. The Morgan fingerprint density at radius 1 is 0.769 bits per heavy atom. The molecule has 206 valence electrons. The molecule has 2 aromatic carbocycles. The van der Waals surface area contributed by atoms with E-state index in [4.69, 9.17) is 5.73 Å². The zero-order valence-electron chi connectivity index (χ0n) is 21.1. The van der Waals surface area contributed by atoms with E-state index in [1.165, 1.54) is 12.5 Å². The number of benzene rings is 2. The first-order valence-corrected chi connectivity index (χ1v) is 12.3. The summed E-state index contributed by atoms with van der Waals surface area (Å²) in [6.45, 7) is -0.624. The second-order valence-corrected chi connectivity index (χ2v) is 8.97. The number of imidazole rings is 1. The Kier molecular flexibility index (Phi) is 10.7. The lowest BCUT2D eigenvalue weighted by atomic mass is 10.0. The van der Waals surface area contributed by atoms with Crippen LogP contribution in [0.1, 0.15) is 16.8 Å². The number of rotatable bonds is 14. The first kappa shape index (κ1) is 29.0. The van der Waals surface area contributed by atoms with Gasteiger partial charge in [-0.05, 0) is 11.1 Å². The number of aromatic nitrogens is 2. The highest BCUT2D eigenvalue weighted by Gasteiger charge is 2.31. The van der Waals surface area contributed by atoms with Crippen molar-refractivity contribution in [2.75, 3.05) is 6.61 Å². The molecule has 3 rings (SSSR count). The second-order valence-electron chi connectivity index (χ2n) is 8.97. The molecule has 12 heteroatoms. The monoisotopic (exact) mass is 536 g/mol. The van der Waals surface area contributed by atoms with Crippen LogP contribution in [0.25, 0.3) is 0 Å². The minimum absolute atomic E-state index is 0.00115. The van der Waals surface area contributed by atoms with Gasteiger partial charge in [0.15, 0.2) is 0 Å². The van der Waals surface area contributed by atoms with Crippen LogP contribution in [0.3, 0.4) is 0 Å². The fourth-order valence-corrected chi connectivity index (χ4v) is 3.84. The van der Waals surface area contributed by atoms with Crippen molar-refractivity contribution in [1.29, 1.82) is 0 Å². The SMILES string of the molecule is NC(CO)C(=O)NC(Cc1cnc[nH]1)C(=O)NC(Cc1ccccc1)C(=O)NC(Cc1ccccc1)C(=O)O. The summed E-state index contributed by atoms with van der Waals surface area (Å²) in [7, 11) is 0. The zero-order valence-corrected chi connectivity index (χ0v) is 21.1. The van der Waals surface area contributed by atoms with E-state index < -0.39 is 54.5 Å². The van der Waals surface area contributed by atoms with Crippen molar-refractivity contribution < 1.29 is 29.4 Å². The van der Waals surface area contributed by atoms with E-state index in [0.29, 0.717) is 5.69 Å². The Labute approximate surface area is 225 Å². The zero-order chi connectivity index (χ0) is 28.2. The Balaban J connectivity index is 1.81. The first-order valence-electron chi connectivity index (χ1n) is 12.3. The van der Waals surface area contributed by atoms with E-state index in [1.807, 2.05) is 0 Å². The molecule has 3 amide bonds. The molecule has 1 aromatic heterocycles. The number of aromatic amines is 1. The van der Waals surface area contributed by atoms with Gasteiger partial charge in [0.05, 0.1) is 12.9 Å². The summed E-state index contributed by atoms with van der Waals surface area (Å²) in [4.78, 5) is 57.8. The van der Waals surface area contributed by atoms with Gasteiger partial charge in [0, 0.05) is 31.2 Å².